The smallest absolute Gasteiger partial charge is 0.291 e. The maximum atomic E-state index is 13.2. The van der Waals surface area contributed by atoms with Gasteiger partial charge in [-0.2, -0.15) is 19.0 Å². The fourth-order valence-corrected chi connectivity index (χ4v) is 6.62. The van der Waals surface area contributed by atoms with Crippen LogP contribution in [0.4, 0.5) is 11.4 Å². The van der Waals surface area contributed by atoms with Crippen LogP contribution in [-0.4, -0.2) is 57.4 Å². The summed E-state index contributed by atoms with van der Waals surface area (Å²) in [4.78, 5) is 40.8. The van der Waals surface area contributed by atoms with E-state index in [0.29, 0.717) is 41.8 Å². The summed E-state index contributed by atoms with van der Waals surface area (Å²) < 4.78 is 3.77. The molecule has 10 nitrogen and oxygen atoms in total. The quantitative estimate of drug-likeness (QED) is 0.280. The van der Waals surface area contributed by atoms with Crippen LogP contribution in [0.15, 0.2) is 82.4 Å². The summed E-state index contributed by atoms with van der Waals surface area (Å²) in [5.41, 5.74) is 4.91. The molecule has 0 bridgehead atoms. The number of anilines is 2. The molecule has 0 unspecified atom stereocenters. The van der Waals surface area contributed by atoms with Crippen molar-refractivity contribution < 1.29 is 0 Å². The van der Waals surface area contributed by atoms with E-state index in [4.69, 9.17) is 0 Å². The molecule has 4 heterocycles. The lowest BCUT2D eigenvalue weighted by molar-refractivity contribution is 0.932. The lowest BCUT2D eigenvalue weighted by Crippen LogP contribution is -2.23. The Morgan fingerprint density at radius 2 is 0.977 bits per heavy atom. The van der Waals surface area contributed by atoms with Gasteiger partial charge in [0.15, 0.2) is 11.6 Å². The van der Waals surface area contributed by atoms with Gasteiger partial charge in [-0.1, -0.05) is 71.2 Å². The van der Waals surface area contributed by atoms with E-state index in [0.717, 1.165) is 22.5 Å². The highest BCUT2D eigenvalue weighted by atomic mass is 32.1. The molecule has 0 spiro atoms. The zero-order valence-corrected chi connectivity index (χ0v) is 25.9. The largest absolute Gasteiger partial charge is 0.378 e. The van der Waals surface area contributed by atoms with Crippen molar-refractivity contribution in [2.45, 2.75) is 0 Å². The van der Waals surface area contributed by atoms with Gasteiger partial charge in [0.25, 0.3) is 11.1 Å². The van der Waals surface area contributed by atoms with Crippen molar-refractivity contribution in [2.75, 3.05) is 38.0 Å². The molecular weight excluding hydrogens is 593 g/mol. The van der Waals surface area contributed by atoms with Crippen molar-refractivity contribution in [3.05, 3.63) is 114 Å². The van der Waals surface area contributed by atoms with Gasteiger partial charge >= 0.3 is 0 Å². The first kappa shape index (κ1) is 27.6. The molecule has 0 saturated carbocycles. The molecule has 0 N–H and O–H groups in total. The van der Waals surface area contributed by atoms with Crippen LogP contribution in [0.5, 0.6) is 0 Å². The van der Waals surface area contributed by atoms with E-state index in [1.165, 1.54) is 31.7 Å². The average molecular weight is 619 g/mol. The summed E-state index contributed by atoms with van der Waals surface area (Å²) in [7, 11) is 7.94. The van der Waals surface area contributed by atoms with Crippen molar-refractivity contribution in [3.8, 4) is 22.8 Å². The molecule has 7 rings (SSSR count). The minimum atomic E-state index is -0.227. The first-order valence-electron chi connectivity index (χ1n) is 13.7. The van der Waals surface area contributed by atoms with E-state index in [1.807, 2.05) is 123 Å². The average Bonchev–Trinajstić information content (AvgIpc) is 3.77. The van der Waals surface area contributed by atoms with Crippen LogP contribution < -0.4 is 30.0 Å². The molecule has 0 aliphatic carbocycles. The predicted octanol–water partition coefficient (Wildman–Crippen LogP) is 3.18. The molecular formula is C32H26N8O2S2. The monoisotopic (exact) mass is 618 g/mol. The molecule has 7 aromatic rings. The molecule has 0 amide bonds. The lowest BCUT2D eigenvalue weighted by Gasteiger charge is -2.11. The van der Waals surface area contributed by atoms with E-state index >= 15 is 0 Å². The molecule has 0 radical (unpaired) electrons. The first-order valence-corrected chi connectivity index (χ1v) is 15.4. The van der Waals surface area contributed by atoms with Crippen LogP contribution in [0.25, 0.3) is 44.8 Å². The van der Waals surface area contributed by atoms with Crippen molar-refractivity contribution in [3.63, 3.8) is 0 Å². The SMILES string of the molecule is CN(C)c1ccc(/C=c2/sc3nc(-c4ccccc4-c4nc5s/c(=C/c6ccc(N(C)C)cc6)c(=O)n5n4)nn3c2=O)cc1. The molecule has 0 aliphatic rings. The van der Waals surface area contributed by atoms with Gasteiger partial charge in [0.05, 0.1) is 9.06 Å². The number of rotatable bonds is 6. The minimum absolute atomic E-state index is 0.227. The van der Waals surface area contributed by atoms with Crippen LogP contribution >= 0.6 is 22.7 Å². The van der Waals surface area contributed by atoms with E-state index in [1.54, 1.807) is 0 Å². The number of thiazole rings is 2. The van der Waals surface area contributed by atoms with Crippen molar-refractivity contribution >= 4 is 56.1 Å². The second-order valence-corrected chi connectivity index (χ2v) is 12.6. The summed E-state index contributed by atoms with van der Waals surface area (Å²) in [6, 6.07) is 23.4. The summed E-state index contributed by atoms with van der Waals surface area (Å²) in [5.74, 6) is 0.781. The van der Waals surface area contributed by atoms with E-state index in [2.05, 4.69) is 20.2 Å². The maximum Gasteiger partial charge on any atom is 0.291 e. The van der Waals surface area contributed by atoms with Crippen molar-refractivity contribution in [2.24, 2.45) is 0 Å². The highest BCUT2D eigenvalue weighted by molar-refractivity contribution is 7.15. The number of benzene rings is 3. The van der Waals surface area contributed by atoms with Gasteiger partial charge in [0.1, 0.15) is 0 Å². The second kappa shape index (κ2) is 10.8. The van der Waals surface area contributed by atoms with Crippen molar-refractivity contribution in [1.82, 2.24) is 29.2 Å². The van der Waals surface area contributed by atoms with Gasteiger partial charge in [-0.3, -0.25) is 9.59 Å². The number of hydrogen-bond acceptors (Lipinski definition) is 10. The number of hydrogen-bond donors (Lipinski definition) is 0. The summed E-state index contributed by atoms with van der Waals surface area (Å²) in [5, 5.41) is 9.11. The highest BCUT2D eigenvalue weighted by Crippen LogP contribution is 2.29. The molecule has 0 fully saturated rings. The third kappa shape index (κ3) is 4.93. The first-order chi connectivity index (χ1) is 21.2. The Bertz CT molecular complexity index is 2220. The molecule has 218 valence electrons. The standard InChI is InChI=1S/C32H26N8O2S2/c1-37(2)21-13-9-19(10-14-21)17-25-29(41)39-31(43-25)33-27(35-39)23-7-5-6-8-24(23)28-34-32-40(36-28)30(42)26(44-32)18-20-11-15-22(16-12-20)38(3)4/h5-18H,1-4H3/b25-17+,26-18+. The number of nitrogens with zero attached hydrogens (tertiary/aromatic N) is 8. The molecule has 3 aromatic carbocycles. The van der Waals surface area contributed by atoms with Gasteiger partial charge in [-0.15, -0.1) is 10.2 Å². The fraction of sp³-hybridized carbons (Fsp3) is 0.125. The number of fused-ring (bicyclic) bond motifs is 2. The normalized spacial score (nSPS) is 12.5. The zero-order valence-electron chi connectivity index (χ0n) is 24.3. The summed E-state index contributed by atoms with van der Waals surface area (Å²) in [6.45, 7) is 0. The lowest BCUT2D eigenvalue weighted by atomic mass is 10.1. The molecule has 4 aromatic heterocycles. The van der Waals surface area contributed by atoms with Gasteiger partial charge in [0, 0.05) is 50.7 Å². The Labute approximate surface area is 259 Å². The Balaban J connectivity index is 1.23. The third-order valence-corrected chi connectivity index (χ3v) is 9.11. The van der Waals surface area contributed by atoms with Crippen LogP contribution in [0.3, 0.4) is 0 Å². The van der Waals surface area contributed by atoms with Crippen LogP contribution in [0, 0.1) is 0 Å². The Kier molecular flexibility index (Phi) is 6.79. The van der Waals surface area contributed by atoms with Crippen LogP contribution in [0.2, 0.25) is 0 Å². The predicted molar refractivity (Wildman–Crippen MR) is 178 cm³/mol. The molecule has 44 heavy (non-hydrogen) atoms. The Morgan fingerprint density at radius 1 is 0.591 bits per heavy atom. The highest BCUT2D eigenvalue weighted by Gasteiger charge is 2.19. The minimum Gasteiger partial charge on any atom is -0.378 e. The number of aromatic nitrogens is 6. The summed E-state index contributed by atoms with van der Waals surface area (Å²) >= 11 is 2.58. The Hall–Kier alpha value is -5.20. The fourth-order valence-electron chi connectivity index (χ4n) is 4.81. The zero-order chi connectivity index (χ0) is 30.5. The molecule has 0 saturated heterocycles. The van der Waals surface area contributed by atoms with E-state index in [-0.39, 0.29) is 11.1 Å². The van der Waals surface area contributed by atoms with Crippen LogP contribution in [0.1, 0.15) is 11.1 Å². The Morgan fingerprint density at radius 3 is 1.32 bits per heavy atom. The van der Waals surface area contributed by atoms with E-state index in [9.17, 15) is 9.59 Å². The van der Waals surface area contributed by atoms with Gasteiger partial charge < -0.3 is 9.80 Å². The van der Waals surface area contributed by atoms with Crippen molar-refractivity contribution in [1.29, 1.82) is 0 Å². The molecule has 0 aliphatic heterocycles. The van der Waals surface area contributed by atoms with Gasteiger partial charge in [-0.05, 0) is 47.5 Å². The second-order valence-electron chi connectivity index (χ2n) is 10.6. The van der Waals surface area contributed by atoms with Crippen LogP contribution in [-0.2, 0) is 0 Å². The maximum absolute atomic E-state index is 13.2. The van der Waals surface area contributed by atoms with Gasteiger partial charge in [-0.25, -0.2) is 0 Å². The molecule has 0 atom stereocenters. The third-order valence-electron chi connectivity index (χ3n) is 7.19. The van der Waals surface area contributed by atoms with E-state index < -0.39 is 0 Å². The van der Waals surface area contributed by atoms with Gasteiger partial charge in [0.2, 0.25) is 9.92 Å². The molecule has 12 heteroatoms. The summed E-state index contributed by atoms with van der Waals surface area (Å²) in [6.07, 6.45) is 3.70. The topological polar surface area (TPSA) is 101 Å².